The Morgan fingerprint density at radius 1 is 1.05 bits per heavy atom. The Hall–Kier alpha value is -1.95. The highest BCUT2D eigenvalue weighted by Crippen LogP contribution is 2.25. The fourth-order valence-electron chi connectivity index (χ4n) is 1.95. The van der Waals surface area contributed by atoms with E-state index in [1.54, 1.807) is 0 Å². The number of nitrogens with one attached hydrogen (secondary N) is 2. The van der Waals surface area contributed by atoms with Gasteiger partial charge >= 0.3 is 6.03 Å². The van der Waals surface area contributed by atoms with E-state index in [0.717, 1.165) is 19.6 Å². The van der Waals surface area contributed by atoms with Gasteiger partial charge < -0.3 is 25.0 Å². The number of urea groups is 1. The van der Waals surface area contributed by atoms with E-state index in [1.165, 1.54) is 0 Å². The maximum atomic E-state index is 11.7. The lowest BCUT2D eigenvalue weighted by molar-refractivity contribution is 0.217. The normalized spacial score (nSPS) is 10.4. The Morgan fingerprint density at radius 3 is 2.27 bits per heavy atom. The predicted octanol–water partition coefficient (Wildman–Crippen LogP) is 2.06. The van der Waals surface area contributed by atoms with Crippen LogP contribution in [0.15, 0.2) is 24.3 Å². The summed E-state index contributed by atoms with van der Waals surface area (Å²) in [6.07, 6.45) is 0. The monoisotopic (exact) mass is 309 g/mol. The van der Waals surface area contributed by atoms with Crippen LogP contribution in [0.25, 0.3) is 0 Å². The smallest absolute Gasteiger partial charge is 0.317 e. The third-order valence-electron chi connectivity index (χ3n) is 3.22. The number of amides is 2. The summed E-state index contributed by atoms with van der Waals surface area (Å²) in [7, 11) is 0. The van der Waals surface area contributed by atoms with Crippen molar-refractivity contribution in [2.45, 2.75) is 20.8 Å². The Morgan fingerprint density at radius 2 is 1.68 bits per heavy atom. The van der Waals surface area contributed by atoms with Crippen LogP contribution in [0.4, 0.5) is 4.79 Å². The number of nitrogens with zero attached hydrogens (tertiary/aromatic N) is 1. The number of benzene rings is 1. The van der Waals surface area contributed by atoms with Crippen LogP contribution in [0.3, 0.4) is 0 Å². The number of hydrogen-bond donors (Lipinski definition) is 2. The molecule has 2 amide bonds. The van der Waals surface area contributed by atoms with E-state index >= 15 is 0 Å². The zero-order valence-corrected chi connectivity index (χ0v) is 13.7. The Kier molecular flexibility index (Phi) is 8.83. The topological polar surface area (TPSA) is 62.8 Å². The Labute approximate surface area is 132 Å². The molecule has 0 heterocycles. The van der Waals surface area contributed by atoms with Gasteiger partial charge in [0.05, 0.1) is 6.61 Å². The van der Waals surface area contributed by atoms with Crippen molar-refractivity contribution in [3.63, 3.8) is 0 Å². The Bertz CT molecular complexity index is 436. The lowest BCUT2D eigenvalue weighted by Gasteiger charge is -2.18. The molecule has 0 saturated carbocycles. The van der Waals surface area contributed by atoms with E-state index in [1.807, 2.05) is 31.2 Å². The molecule has 0 aliphatic rings. The number of rotatable bonds is 10. The second kappa shape index (κ2) is 10.7. The molecule has 0 bridgehead atoms. The summed E-state index contributed by atoms with van der Waals surface area (Å²) >= 11 is 0. The lowest BCUT2D eigenvalue weighted by Crippen LogP contribution is -2.41. The number of carbonyl (C=O) groups excluding carboxylic acids is 1. The van der Waals surface area contributed by atoms with Gasteiger partial charge in [0, 0.05) is 13.1 Å². The van der Waals surface area contributed by atoms with E-state index in [4.69, 9.17) is 9.47 Å². The van der Waals surface area contributed by atoms with Gasteiger partial charge in [0.15, 0.2) is 18.2 Å². The molecule has 0 aliphatic heterocycles. The fourth-order valence-corrected chi connectivity index (χ4v) is 1.95. The summed E-state index contributed by atoms with van der Waals surface area (Å²) in [5, 5.41) is 5.47. The van der Waals surface area contributed by atoms with Gasteiger partial charge in [0.2, 0.25) is 0 Å². The molecule has 0 aliphatic carbocycles. The minimum absolute atomic E-state index is 0.0984. The van der Waals surface area contributed by atoms with Crippen molar-refractivity contribution >= 4 is 6.03 Å². The summed E-state index contributed by atoms with van der Waals surface area (Å²) in [6, 6.07) is 7.15. The SMILES string of the molecule is CCOc1ccccc1OCNC(=O)NCCN(CC)CC. The Balaban J connectivity index is 2.25. The molecule has 0 aromatic heterocycles. The number of hydrogen-bond acceptors (Lipinski definition) is 4. The standard InChI is InChI=1S/C16H27N3O3/c1-4-19(5-2)12-11-17-16(20)18-13-22-15-10-8-7-9-14(15)21-6-3/h7-10H,4-6,11-13H2,1-3H3,(H2,17,18,20). The van der Waals surface area contributed by atoms with E-state index in [2.05, 4.69) is 29.4 Å². The maximum Gasteiger partial charge on any atom is 0.317 e. The van der Waals surface area contributed by atoms with Gasteiger partial charge in [-0.3, -0.25) is 0 Å². The highest BCUT2D eigenvalue weighted by atomic mass is 16.5. The highest BCUT2D eigenvalue weighted by Gasteiger charge is 2.05. The van der Waals surface area contributed by atoms with Crippen LogP contribution >= 0.6 is 0 Å². The largest absolute Gasteiger partial charge is 0.490 e. The predicted molar refractivity (Wildman–Crippen MR) is 87.4 cm³/mol. The van der Waals surface area contributed by atoms with Crippen LogP contribution in [0, 0.1) is 0 Å². The third kappa shape index (κ3) is 6.67. The van der Waals surface area contributed by atoms with Gasteiger partial charge in [-0.25, -0.2) is 4.79 Å². The first-order valence-electron chi connectivity index (χ1n) is 7.79. The molecule has 0 fully saturated rings. The molecule has 0 unspecified atom stereocenters. The van der Waals surface area contributed by atoms with Crippen molar-refractivity contribution in [1.29, 1.82) is 0 Å². The van der Waals surface area contributed by atoms with E-state index in [-0.39, 0.29) is 12.8 Å². The minimum atomic E-state index is -0.235. The summed E-state index contributed by atoms with van der Waals surface area (Å²) in [5.41, 5.74) is 0. The summed E-state index contributed by atoms with van der Waals surface area (Å²) < 4.78 is 11.0. The molecule has 0 spiro atoms. The maximum absolute atomic E-state index is 11.7. The number of carbonyl (C=O) groups is 1. The third-order valence-corrected chi connectivity index (χ3v) is 3.22. The van der Waals surface area contributed by atoms with Crippen molar-refractivity contribution in [3.05, 3.63) is 24.3 Å². The summed E-state index contributed by atoms with van der Waals surface area (Å²) in [6.45, 7) is 10.2. The minimum Gasteiger partial charge on any atom is -0.490 e. The summed E-state index contributed by atoms with van der Waals surface area (Å²) in [4.78, 5) is 13.9. The molecule has 1 aromatic rings. The zero-order chi connectivity index (χ0) is 16.2. The van der Waals surface area contributed by atoms with Gasteiger partial charge in [0.1, 0.15) is 0 Å². The van der Waals surface area contributed by atoms with Crippen LogP contribution < -0.4 is 20.1 Å². The van der Waals surface area contributed by atoms with E-state index in [0.29, 0.717) is 24.7 Å². The molecule has 0 atom stereocenters. The molecule has 0 radical (unpaired) electrons. The van der Waals surface area contributed by atoms with Crippen molar-refractivity contribution in [2.24, 2.45) is 0 Å². The molecular weight excluding hydrogens is 282 g/mol. The molecule has 22 heavy (non-hydrogen) atoms. The first kappa shape index (κ1) is 18.1. The molecule has 0 saturated heterocycles. The zero-order valence-electron chi connectivity index (χ0n) is 13.7. The van der Waals surface area contributed by atoms with E-state index in [9.17, 15) is 4.79 Å². The van der Waals surface area contributed by atoms with Gasteiger partial charge in [-0.15, -0.1) is 0 Å². The van der Waals surface area contributed by atoms with Crippen LogP contribution in [-0.2, 0) is 0 Å². The molecule has 1 rings (SSSR count). The van der Waals surface area contributed by atoms with Crippen LogP contribution in [0.1, 0.15) is 20.8 Å². The summed E-state index contributed by atoms with van der Waals surface area (Å²) in [5.74, 6) is 1.29. The van der Waals surface area contributed by atoms with Gasteiger partial charge in [-0.2, -0.15) is 0 Å². The second-order valence-electron chi connectivity index (χ2n) is 4.63. The second-order valence-corrected chi connectivity index (χ2v) is 4.63. The lowest BCUT2D eigenvalue weighted by atomic mass is 10.3. The van der Waals surface area contributed by atoms with Crippen LogP contribution in [-0.4, -0.2) is 50.4 Å². The number of likely N-dealkylation sites (N-methyl/N-ethyl adjacent to an activating group) is 1. The van der Waals surface area contributed by atoms with Crippen molar-refractivity contribution in [3.8, 4) is 11.5 Å². The molecule has 2 N–H and O–H groups in total. The van der Waals surface area contributed by atoms with Crippen molar-refractivity contribution in [1.82, 2.24) is 15.5 Å². The van der Waals surface area contributed by atoms with Gasteiger partial charge in [0.25, 0.3) is 0 Å². The number of para-hydroxylation sites is 2. The van der Waals surface area contributed by atoms with Crippen molar-refractivity contribution in [2.75, 3.05) is 39.5 Å². The van der Waals surface area contributed by atoms with Crippen LogP contribution in [0.2, 0.25) is 0 Å². The fraction of sp³-hybridized carbons (Fsp3) is 0.562. The first-order valence-corrected chi connectivity index (χ1v) is 7.79. The quantitative estimate of drug-likeness (QED) is 0.650. The van der Waals surface area contributed by atoms with Gasteiger partial charge in [-0.1, -0.05) is 26.0 Å². The highest BCUT2D eigenvalue weighted by molar-refractivity contribution is 5.73. The first-order chi connectivity index (χ1) is 10.7. The molecule has 124 valence electrons. The van der Waals surface area contributed by atoms with Crippen molar-refractivity contribution < 1.29 is 14.3 Å². The molecule has 1 aromatic carbocycles. The molecule has 6 heteroatoms. The average Bonchev–Trinajstić information content (AvgIpc) is 2.53. The van der Waals surface area contributed by atoms with Gasteiger partial charge in [-0.05, 0) is 32.1 Å². The molecule has 6 nitrogen and oxygen atoms in total. The van der Waals surface area contributed by atoms with Crippen LogP contribution in [0.5, 0.6) is 11.5 Å². The average molecular weight is 309 g/mol. The number of ether oxygens (including phenoxy) is 2. The molecular formula is C16H27N3O3. The van der Waals surface area contributed by atoms with E-state index < -0.39 is 0 Å².